The molecule has 8 nitrogen and oxygen atoms in total. The first-order valence-corrected chi connectivity index (χ1v) is 11.1. The smallest absolute Gasteiger partial charge is 0.274 e. The van der Waals surface area contributed by atoms with E-state index in [1.807, 2.05) is 57.3 Å². The maximum Gasteiger partial charge on any atom is 0.274 e. The molecule has 0 aromatic carbocycles. The van der Waals surface area contributed by atoms with Crippen molar-refractivity contribution in [3.05, 3.63) is 47.2 Å². The predicted octanol–water partition coefficient (Wildman–Crippen LogP) is 3.25. The molecule has 31 heavy (non-hydrogen) atoms. The maximum absolute atomic E-state index is 13.2. The molecular weight excluding hydrogens is 412 g/mol. The van der Waals surface area contributed by atoms with Gasteiger partial charge in [-0.15, -0.1) is 11.3 Å². The Hall–Kier alpha value is -3.07. The highest BCUT2D eigenvalue weighted by Crippen LogP contribution is 2.27. The Morgan fingerprint density at radius 2 is 1.97 bits per heavy atom. The third kappa shape index (κ3) is 4.51. The first kappa shape index (κ1) is 21.2. The van der Waals surface area contributed by atoms with Crippen molar-refractivity contribution in [2.24, 2.45) is 5.41 Å². The molecule has 1 aliphatic heterocycles. The molecule has 1 aliphatic rings. The van der Waals surface area contributed by atoms with Gasteiger partial charge in [0.2, 0.25) is 11.9 Å². The van der Waals surface area contributed by atoms with Gasteiger partial charge < -0.3 is 15.5 Å². The zero-order chi connectivity index (χ0) is 22.2. The number of anilines is 1. The van der Waals surface area contributed by atoms with Crippen molar-refractivity contribution in [2.45, 2.75) is 39.8 Å². The van der Waals surface area contributed by atoms with Crippen molar-refractivity contribution in [1.82, 2.24) is 25.2 Å². The van der Waals surface area contributed by atoms with Gasteiger partial charge in [0.1, 0.15) is 0 Å². The lowest BCUT2D eigenvalue weighted by Crippen LogP contribution is -2.62. The van der Waals surface area contributed by atoms with Crippen LogP contribution in [0.15, 0.2) is 35.8 Å². The fourth-order valence-corrected chi connectivity index (χ4v) is 4.07. The van der Waals surface area contributed by atoms with Gasteiger partial charge in [-0.05, 0) is 30.5 Å². The van der Waals surface area contributed by atoms with Gasteiger partial charge in [-0.1, -0.05) is 26.8 Å². The Morgan fingerprint density at radius 1 is 1.19 bits per heavy atom. The number of hydrogen-bond donors (Lipinski definition) is 2. The molecule has 0 saturated carbocycles. The number of nitrogens with one attached hydrogen (secondary N) is 2. The number of nitrogens with zero attached hydrogens (tertiary/aromatic N) is 4. The molecule has 4 heterocycles. The van der Waals surface area contributed by atoms with E-state index in [0.29, 0.717) is 24.7 Å². The van der Waals surface area contributed by atoms with Crippen molar-refractivity contribution < 1.29 is 9.59 Å². The van der Waals surface area contributed by atoms with Crippen LogP contribution in [0.5, 0.6) is 0 Å². The van der Waals surface area contributed by atoms with Gasteiger partial charge >= 0.3 is 0 Å². The summed E-state index contributed by atoms with van der Waals surface area (Å²) in [6.07, 6.45) is 1.74. The number of carbonyl (C=O) groups is 2. The summed E-state index contributed by atoms with van der Waals surface area (Å²) in [6, 6.07) is 7.47. The number of hydrogen-bond acceptors (Lipinski definition) is 7. The van der Waals surface area contributed by atoms with Crippen molar-refractivity contribution in [3.63, 3.8) is 0 Å². The first-order chi connectivity index (χ1) is 14.7. The molecule has 2 N–H and O–H groups in total. The highest BCUT2D eigenvalue weighted by Gasteiger charge is 2.36. The number of amides is 2. The second-order valence-electron chi connectivity index (χ2n) is 8.78. The minimum absolute atomic E-state index is 0.0118. The largest absolute Gasteiger partial charge is 0.349 e. The number of pyridine rings is 1. The first-order valence-electron chi connectivity index (χ1n) is 10.3. The zero-order valence-electron chi connectivity index (χ0n) is 18.0. The van der Waals surface area contributed by atoms with E-state index in [-0.39, 0.29) is 23.9 Å². The lowest BCUT2D eigenvalue weighted by Gasteiger charge is -2.40. The minimum Gasteiger partial charge on any atom is -0.349 e. The number of carbonyl (C=O) groups excluding carboxylic acids is 2. The van der Waals surface area contributed by atoms with E-state index in [1.165, 1.54) is 11.3 Å². The van der Waals surface area contributed by atoms with Crippen LogP contribution in [0.3, 0.4) is 0 Å². The van der Waals surface area contributed by atoms with Crippen LogP contribution in [0, 0.1) is 5.41 Å². The number of fused-ring (bicyclic) bond motifs is 1. The second-order valence-corrected chi connectivity index (χ2v) is 9.70. The van der Waals surface area contributed by atoms with Crippen LogP contribution < -0.4 is 10.6 Å². The summed E-state index contributed by atoms with van der Waals surface area (Å²) in [5.41, 5.74) is 1.53. The average Bonchev–Trinajstić information content (AvgIpc) is 3.17. The van der Waals surface area contributed by atoms with Crippen LogP contribution in [0.25, 0.3) is 10.2 Å². The maximum atomic E-state index is 13.2. The summed E-state index contributed by atoms with van der Waals surface area (Å²) in [6.45, 7) is 8.55. The van der Waals surface area contributed by atoms with E-state index in [4.69, 9.17) is 0 Å². The molecule has 1 atom stereocenters. The molecule has 3 aromatic rings. The third-order valence-corrected chi connectivity index (χ3v) is 6.08. The van der Waals surface area contributed by atoms with E-state index in [9.17, 15) is 9.59 Å². The van der Waals surface area contributed by atoms with Crippen LogP contribution in [0.1, 0.15) is 49.9 Å². The van der Waals surface area contributed by atoms with Crippen LogP contribution in [-0.4, -0.2) is 50.8 Å². The van der Waals surface area contributed by atoms with Gasteiger partial charge in [0.25, 0.3) is 5.91 Å². The molecule has 0 bridgehead atoms. The molecular formula is C22H26N6O2S. The fourth-order valence-electron chi connectivity index (χ4n) is 3.26. The summed E-state index contributed by atoms with van der Waals surface area (Å²) in [5, 5.41) is 8.16. The van der Waals surface area contributed by atoms with E-state index in [1.54, 1.807) is 11.1 Å². The SMILES string of the molecule is C[C@H](Nc1nc(C(=O)N2CC(NC(=O)C(C)(C)C)C2)c2sccc2n1)c1ccccn1. The van der Waals surface area contributed by atoms with Crippen LogP contribution in [-0.2, 0) is 4.79 Å². The standard InChI is InChI=1S/C22H26N6O2S/c1-13(15-7-5-6-9-23-15)24-21-26-16-8-10-31-18(16)17(27-21)19(29)28-11-14(12-28)25-20(30)22(2,3)4/h5-10,13-14H,11-12H2,1-4H3,(H,25,30)(H,24,26,27)/t13-/m0/s1. The molecule has 2 amide bonds. The van der Waals surface area contributed by atoms with E-state index in [2.05, 4.69) is 25.6 Å². The Balaban J connectivity index is 1.49. The third-order valence-electron chi connectivity index (χ3n) is 5.17. The molecule has 9 heteroatoms. The number of thiophene rings is 1. The fraction of sp³-hybridized carbons (Fsp3) is 0.409. The van der Waals surface area contributed by atoms with Crippen LogP contribution in [0.4, 0.5) is 5.95 Å². The topological polar surface area (TPSA) is 100 Å². The van der Waals surface area contributed by atoms with Gasteiger partial charge in [0.05, 0.1) is 28.0 Å². The number of rotatable bonds is 5. The van der Waals surface area contributed by atoms with Gasteiger partial charge in [-0.3, -0.25) is 14.6 Å². The Morgan fingerprint density at radius 3 is 2.65 bits per heavy atom. The minimum atomic E-state index is -0.453. The average molecular weight is 439 g/mol. The summed E-state index contributed by atoms with van der Waals surface area (Å²) < 4.78 is 0.767. The quantitative estimate of drug-likeness (QED) is 0.634. The summed E-state index contributed by atoms with van der Waals surface area (Å²) in [7, 11) is 0. The van der Waals surface area contributed by atoms with E-state index >= 15 is 0 Å². The van der Waals surface area contributed by atoms with E-state index < -0.39 is 5.41 Å². The molecule has 0 unspecified atom stereocenters. The molecule has 0 radical (unpaired) electrons. The van der Waals surface area contributed by atoms with E-state index in [0.717, 1.165) is 15.9 Å². The van der Waals surface area contributed by atoms with Gasteiger partial charge in [0, 0.05) is 24.7 Å². The summed E-state index contributed by atoms with van der Waals surface area (Å²) in [4.78, 5) is 40.5. The van der Waals surface area contributed by atoms with Crippen molar-refractivity contribution in [3.8, 4) is 0 Å². The van der Waals surface area contributed by atoms with Gasteiger partial charge in [-0.25, -0.2) is 9.97 Å². The monoisotopic (exact) mass is 438 g/mol. The van der Waals surface area contributed by atoms with Crippen LogP contribution in [0.2, 0.25) is 0 Å². The molecule has 4 rings (SSSR count). The summed E-state index contributed by atoms with van der Waals surface area (Å²) >= 11 is 1.45. The predicted molar refractivity (Wildman–Crippen MR) is 121 cm³/mol. The zero-order valence-corrected chi connectivity index (χ0v) is 18.9. The molecule has 162 valence electrons. The lowest BCUT2D eigenvalue weighted by molar-refractivity contribution is -0.130. The number of likely N-dealkylation sites (tertiary alicyclic amines) is 1. The normalized spacial score (nSPS) is 15.4. The highest BCUT2D eigenvalue weighted by atomic mass is 32.1. The molecule has 1 saturated heterocycles. The number of aromatic nitrogens is 3. The van der Waals surface area contributed by atoms with Crippen molar-refractivity contribution >= 4 is 39.3 Å². The van der Waals surface area contributed by atoms with Crippen LogP contribution >= 0.6 is 11.3 Å². The molecule has 3 aromatic heterocycles. The molecule has 0 aliphatic carbocycles. The van der Waals surface area contributed by atoms with Crippen molar-refractivity contribution in [2.75, 3.05) is 18.4 Å². The van der Waals surface area contributed by atoms with Gasteiger partial charge in [-0.2, -0.15) is 0 Å². The molecule has 1 fully saturated rings. The highest BCUT2D eigenvalue weighted by molar-refractivity contribution is 7.17. The summed E-state index contributed by atoms with van der Waals surface area (Å²) in [5.74, 6) is 0.234. The Kier molecular flexibility index (Phi) is 5.62. The lowest BCUT2D eigenvalue weighted by atomic mass is 9.94. The second kappa shape index (κ2) is 8.22. The Bertz CT molecular complexity index is 1100. The van der Waals surface area contributed by atoms with Crippen molar-refractivity contribution in [1.29, 1.82) is 0 Å². The van der Waals surface area contributed by atoms with Gasteiger partial charge in [0.15, 0.2) is 5.69 Å². The molecule has 0 spiro atoms. The Labute approximate surface area is 185 Å².